The Morgan fingerprint density at radius 3 is 2.78 bits per heavy atom. The van der Waals surface area contributed by atoms with E-state index in [-0.39, 0.29) is 12.0 Å². The summed E-state index contributed by atoms with van der Waals surface area (Å²) in [5, 5.41) is 6.06. The summed E-state index contributed by atoms with van der Waals surface area (Å²) in [4.78, 5) is 11.8. The molecule has 2 rings (SSSR count). The van der Waals surface area contributed by atoms with Gasteiger partial charge in [0.05, 0.1) is 18.3 Å². The van der Waals surface area contributed by atoms with Gasteiger partial charge in [0.15, 0.2) is 0 Å². The summed E-state index contributed by atoms with van der Waals surface area (Å²) in [5.74, 6) is 0.689. The Morgan fingerprint density at radius 2 is 2.11 bits per heavy atom. The van der Waals surface area contributed by atoms with E-state index in [2.05, 4.69) is 10.6 Å². The van der Waals surface area contributed by atoms with E-state index in [0.717, 1.165) is 5.69 Å². The molecule has 0 aliphatic heterocycles. The fourth-order valence-electron chi connectivity index (χ4n) is 1.65. The summed E-state index contributed by atoms with van der Waals surface area (Å²) in [6, 6.07) is 8.04. The zero-order chi connectivity index (χ0) is 13.0. The monoisotopic (exact) mass is 248 g/mol. The van der Waals surface area contributed by atoms with Crippen molar-refractivity contribution in [3.05, 3.63) is 24.3 Å². The smallest absolute Gasteiger partial charge is 0.238 e. The number of amides is 1. The maximum atomic E-state index is 11.8. The number of benzene rings is 1. The highest BCUT2D eigenvalue weighted by Crippen LogP contribution is 2.24. The number of ether oxygens (including phenoxy) is 1. The van der Waals surface area contributed by atoms with Gasteiger partial charge in [0, 0.05) is 6.04 Å². The van der Waals surface area contributed by atoms with Gasteiger partial charge in [0.2, 0.25) is 5.91 Å². The van der Waals surface area contributed by atoms with Crippen molar-refractivity contribution < 1.29 is 9.53 Å². The average molecular weight is 248 g/mol. The zero-order valence-corrected chi connectivity index (χ0v) is 10.9. The van der Waals surface area contributed by atoms with Crippen LogP contribution in [0, 0.1) is 0 Å². The molecule has 0 spiro atoms. The molecule has 0 heterocycles. The van der Waals surface area contributed by atoms with Gasteiger partial charge in [-0.3, -0.25) is 4.79 Å². The third kappa shape index (κ3) is 4.04. The van der Waals surface area contributed by atoms with Gasteiger partial charge in [-0.2, -0.15) is 0 Å². The highest BCUT2D eigenvalue weighted by atomic mass is 16.5. The number of carbonyl (C=O) groups is 1. The van der Waals surface area contributed by atoms with Crippen LogP contribution >= 0.6 is 0 Å². The van der Waals surface area contributed by atoms with Gasteiger partial charge in [-0.15, -0.1) is 0 Å². The third-order valence-corrected chi connectivity index (χ3v) is 2.65. The number of rotatable bonds is 6. The Morgan fingerprint density at radius 1 is 1.39 bits per heavy atom. The Labute approximate surface area is 108 Å². The molecular weight excluding hydrogens is 228 g/mol. The Balaban J connectivity index is 1.91. The van der Waals surface area contributed by atoms with Crippen LogP contribution < -0.4 is 15.4 Å². The molecule has 1 aromatic carbocycles. The molecule has 1 aliphatic carbocycles. The van der Waals surface area contributed by atoms with Crippen LogP contribution in [0.25, 0.3) is 0 Å². The predicted octanol–water partition coefficient (Wildman–Crippen LogP) is 2.16. The average Bonchev–Trinajstić information content (AvgIpc) is 3.12. The lowest BCUT2D eigenvalue weighted by Crippen LogP contribution is -2.29. The first kappa shape index (κ1) is 12.9. The lowest BCUT2D eigenvalue weighted by molar-refractivity contribution is -0.115. The van der Waals surface area contributed by atoms with Crippen LogP contribution in [0.1, 0.15) is 26.7 Å². The molecule has 0 aromatic heterocycles. The number of nitrogens with one attached hydrogen (secondary N) is 2. The molecule has 0 atom stereocenters. The maximum absolute atomic E-state index is 11.8. The van der Waals surface area contributed by atoms with Crippen LogP contribution in [0.2, 0.25) is 0 Å². The molecule has 0 radical (unpaired) electrons. The summed E-state index contributed by atoms with van der Waals surface area (Å²) >= 11 is 0. The maximum Gasteiger partial charge on any atom is 0.238 e. The van der Waals surface area contributed by atoms with Crippen LogP contribution in [0.15, 0.2) is 24.3 Å². The summed E-state index contributed by atoms with van der Waals surface area (Å²) in [6.45, 7) is 4.29. The van der Waals surface area contributed by atoms with Crippen molar-refractivity contribution in [3.63, 3.8) is 0 Å². The zero-order valence-electron chi connectivity index (χ0n) is 10.9. The highest BCUT2D eigenvalue weighted by Gasteiger charge is 2.21. The van der Waals surface area contributed by atoms with Crippen LogP contribution in [0.5, 0.6) is 5.75 Å². The molecule has 1 aromatic rings. The van der Waals surface area contributed by atoms with Crippen molar-refractivity contribution >= 4 is 11.6 Å². The van der Waals surface area contributed by atoms with E-state index in [4.69, 9.17) is 4.74 Å². The second-order valence-electron chi connectivity index (χ2n) is 4.87. The first-order chi connectivity index (χ1) is 8.65. The predicted molar refractivity (Wildman–Crippen MR) is 71.9 cm³/mol. The minimum atomic E-state index is -0.0262. The number of para-hydroxylation sites is 2. The van der Waals surface area contributed by atoms with Crippen LogP contribution in [0.4, 0.5) is 5.69 Å². The van der Waals surface area contributed by atoms with Gasteiger partial charge >= 0.3 is 0 Å². The van der Waals surface area contributed by atoms with Gasteiger partial charge in [-0.05, 0) is 38.8 Å². The lowest BCUT2D eigenvalue weighted by Gasteiger charge is -2.14. The highest BCUT2D eigenvalue weighted by molar-refractivity contribution is 5.93. The van der Waals surface area contributed by atoms with Gasteiger partial charge in [-0.1, -0.05) is 12.1 Å². The topological polar surface area (TPSA) is 50.4 Å². The van der Waals surface area contributed by atoms with Crippen molar-refractivity contribution in [2.75, 3.05) is 11.9 Å². The van der Waals surface area contributed by atoms with E-state index in [1.165, 1.54) is 12.8 Å². The molecule has 2 N–H and O–H groups in total. The molecule has 1 fully saturated rings. The van der Waals surface area contributed by atoms with E-state index in [0.29, 0.717) is 18.3 Å². The fourth-order valence-corrected chi connectivity index (χ4v) is 1.65. The summed E-state index contributed by atoms with van der Waals surface area (Å²) in [6.07, 6.45) is 2.45. The molecule has 1 amide bonds. The Kier molecular flexibility index (Phi) is 4.20. The molecule has 1 aliphatic rings. The largest absolute Gasteiger partial charge is 0.489 e. The minimum Gasteiger partial charge on any atom is -0.489 e. The number of hydrogen-bond donors (Lipinski definition) is 2. The van der Waals surface area contributed by atoms with E-state index in [1.54, 1.807) is 0 Å². The van der Waals surface area contributed by atoms with Crippen molar-refractivity contribution in [1.29, 1.82) is 0 Å². The number of anilines is 1. The molecule has 4 nitrogen and oxygen atoms in total. The molecule has 18 heavy (non-hydrogen) atoms. The van der Waals surface area contributed by atoms with Gasteiger partial charge in [0.1, 0.15) is 5.75 Å². The van der Waals surface area contributed by atoms with Crippen LogP contribution in [0.3, 0.4) is 0 Å². The van der Waals surface area contributed by atoms with Gasteiger partial charge in [-0.25, -0.2) is 0 Å². The fraction of sp³-hybridized carbons (Fsp3) is 0.500. The van der Waals surface area contributed by atoms with Crippen molar-refractivity contribution in [2.24, 2.45) is 0 Å². The Hall–Kier alpha value is -1.55. The standard InChI is InChI=1S/C14H20N2O2/c1-10(2)18-13-6-4-3-5-12(13)16-14(17)9-15-11-7-8-11/h3-6,10-11,15H,7-9H2,1-2H3,(H,16,17). The lowest BCUT2D eigenvalue weighted by atomic mass is 10.3. The molecule has 4 heteroatoms. The third-order valence-electron chi connectivity index (χ3n) is 2.65. The van der Waals surface area contributed by atoms with Crippen molar-refractivity contribution in [3.8, 4) is 5.75 Å². The molecule has 1 saturated carbocycles. The Bertz CT molecular complexity index is 414. The molecule has 0 saturated heterocycles. The number of hydrogen-bond acceptors (Lipinski definition) is 3. The van der Waals surface area contributed by atoms with E-state index >= 15 is 0 Å². The molecular formula is C14H20N2O2. The quantitative estimate of drug-likeness (QED) is 0.811. The van der Waals surface area contributed by atoms with Gasteiger partial charge < -0.3 is 15.4 Å². The van der Waals surface area contributed by atoms with Crippen molar-refractivity contribution in [1.82, 2.24) is 5.32 Å². The molecule has 0 bridgehead atoms. The van der Waals surface area contributed by atoms with E-state index in [1.807, 2.05) is 38.1 Å². The molecule has 98 valence electrons. The normalized spacial score (nSPS) is 14.6. The van der Waals surface area contributed by atoms with Gasteiger partial charge in [0.25, 0.3) is 0 Å². The summed E-state index contributed by atoms with van der Waals surface area (Å²) in [7, 11) is 0. The second-order valence-corrected chi connectivity index (χ2v) is 4.87. The summed E-state index contributed by atoms with van der Waals surface area (Å²) < 4.78 is 5.65. The summed E-state index contributed by atoms with van der Waals surface area (Å²) in [5.41, 5.74) is 0.730. The number of carbonyl (C=O) groups excluding carboxylic acids is 1. The van der Waals surface area contributed by atoms with Crippen molar-refractivity contribution in [2.45, 2.75) is 38.8 Å². The minimum absolute atomic E-state index is 0.0262. The first-order valence-electron chi connectivity index (χ1n) is 6.44. The first-order valence-corrected chi connectivity index (χ1v) is 6.44. The van der Waals surface area contributed by atoms with Crippen LogP contribution in [-0.2, 0) is 4.79 Å². The van der Waals surface area contributed by atoms with E-state index < -0.39 is 0 Å². The van der Waals surface area contributed by atoms with Crippen LogP contribution in [-0.4, -0.2) is 24.6 Å². The second kappa shape index (κ2) is 5.87. The SMILES string of the molecule is CC(C)Oc1ccccc1NC(=O)CNC1CC1. The van der Waals surface area contributed by atoms with E-state index in [9.17, 15) is 4.79 Å². The molecule has 0 unspecified atom stereocenters.